The predicted molar refractivity (Wildman–Crippen MR) is 77.3 cm³/mol. The van der Waals surface area contributed by atoms with Gasteiger partial charge in [-0.1, -0.05) is 5.21 Å². The number of aromatic nitrogens is 7. The molecule has 0 saturated carbocycles. The Morgan fingerprint density at radius 3 is 2.77 bits per heavy atom. The molecular formula is C13H10N8O. The number of nitrogens with zero attached hydrogens (tertiary/aromatic N) is 7. The molecule has 0 bridgehead atoms. The first kappa shape index (κ1) is 12.3. The molecule has 0 fully saturated rings. The van der Waals surface area contributed by atoms with E-state index in [1.165, 1.54) is 4.68 Å². The molecule has 0 aliphatic carbocycles. The highest BCUT2D eigenvalue weighted by Crippen LogP contribution is 2.26. The first-order chi connectivity index (χ1) is 10.7. The van der Waals surface area contributed by atoms with E-state index in [0.717, 1.165) is 4.73 Å². The molecule has 0 radical (unpaired) electrons. The minimum absolute atomic E-state index is 0.281. The van der Waals surface area contributed by atoms with Crippen LogP contribution in [0.2, 0.25) is 0 Å². The number of anilines is 1. The number of nitrogen functional groups attached to an aromatic ring is 1. The van der Waals surface area contributed by atoms with Crippen molar-refractivity contribution in [2.75, 3.05) is 5.73 Å². The van der Waals surface area contributed by atoms with Crippen molar-refractivity contribution in [1.82, 2.24) is 34.7 Å². The fraction of sp³-hybridized carbons (Fsp3) is 0. The minimum Gasteiger partial charge on any atom is -0.425 e. The van der Waals surface area contributed by atoms with Gasteiger partial charge in [-0.3, -0.25) is 0 Å². The molecule has 3 N–H and O–H groups in total. The molecule has 0 unspecified atom stereocenters. The number of hydrogen-bond donors (Lipinski definition) is 2. The van der Waals surface area contributed by atoms with Crippen LogP contribution in [0.4, 0.5) is 5.82 Å². The summed E-state index contributed by atoms with van der Waals surface area (Å²) in [6.45, 7) is 0. The number of rotatable bonds is 2. The number of hydrogen-bond acceptors (Lipinski definition) is 7. The summed E-state index contributed by atoms with van der Waals surface area (Å²) in [5, 5.41) is 17.9. The summed E-state index contributed by atoms with van der Waals surface area (Å²) < 4.78 is 2.38. The second kappa shape index (κ2) is 4.52. The van der Waals surface area contributed by atoms with Gasteiger partial charge in [0, 0.05) is 6.20 Å². The Labute approximate surface area is 123 Å². The molecule has 0 aliphatic heterocycles. The smallest absolute Gasteiger partial charge is 0.198 e. The lowest BCUT2D eigenvalue weighted by molar-refractivity contribution is 0.201. The van der Waals surface area contributed by atoms with Crippen molar-refractivity contribution < 1.29 is 5.21 Å². The van der Waals surface area contributed by atoms with Crippen LogP contribution in [-0.2, 0) is 0 Å². The second-order valence-corrected chi connectivity index (χ2v) is 4.54. The normalized spacial score (nSPS) is 11.1. The monoisotopic (exact) mass is 294 g/mol. The van der Waals surface area contributed by atoms with Crippen LogP contribution in [0.1, 0.15) is 0 Å². The fourth-order valence-corrected chi connectivity index (χ4v) is 2.17. The van der Waals surface area contributed by atoms with E-state index in [4.69, 9.17) is 5.73 Å². The van der Waals surface area contributed by atoms with Crippen LogP contribution in [-0.4, -0.2) is 39.9 Å². The van der Waals surface area contributed by atoms with Crippen molar-refractivity contribution in [3.8, 4) is 17.2 Å². The van der Waals surface area contributed by atoms with Crippen molar-refractivity contribution in [2.45, 2.75) is 0 Å². The molecule has 9 nitrogen and oxygen atoms in total. The van der Waals surface area contributed by atoms with E-state index in [0.29, 0.717) is 22.5 Å². The quantitative estimate of drug-likeness (QED) is 0.527. The number of nitrogens with two attached hydrogens (primary N) is 1. The molecule has 22 heavy (non-hydrogen) atoms. The molecule has 4 rings (SSSR count). The van der Waals surface area contributed by atoms with E-state index in [2.05, 4.69) is 25.3 Å². The van der Waals surface area contributed by atoms with Crippen LogP contribution < -0.4 is 5.73 Å². The van der Waals surface area contributed by atoms with Gasteiger partial charge in [-0.15, -0.1) is 9.83 Å². The van der Waals surface area contributed by atoms with Crippen LogP contribution in [0.25, 0.3) is 28.4 Å². The van der Waals surface area contributed by atoms with E-state index in [1.54, 1.807) is 42.9 Å². The van der Waals surface area contributed by atoms with Crippen molar-refractivity contribution in [3.05, 3.63) is 42.9 Å². The zero-order valence-electron chi connectivity index (χ0n) is 11.2. The van der Waals surface area contributed by atoms with Gasteiger partial charge in [0.05, 0.1) is 18.0 Å². The van der Waals surface area contributed by atoms with E-state index < -0.39 is 0 Å². The van der Waals surface area contributed by atoms with E-state index in [9.17, 15) is 5.21 Å². The van der Waals surface area contributed by atoms with Gasteiger partial charge >= 0.3 is 0 Å². The second-order valence-electron chi connectivity index (χ2n) is 4.54. The summed E-state index contributed by atoms with van der Waals surface area (Å²) in [4.78, 5) is 12.7. The molecule has 0 aromatic carbocycles. The average Bonchev–Trinajstić information content (AvgIpc) is 3.16. The van der Waals surface area contributed by atoms with Crippen LogP contribution in [0, 0.1) is 0 Å². The van der Waals surface area contributed by atoms with Gasteiger partial charge in [-0.05, 0) is 24.3 Å². The summed E-state index contributed by atoms with van der Waals surface area (Å²) in [5.74, 6) is 1.08. The van der Waals surface area contributed by atoms with Crippen LogP contribution >= 0.6 is 0 Å². The van der Waals surface area contributed by atoms with Gasteiger partial charge < -0.3 is 10.9 Å². The molecule has 9 heteroatoms. The number of pyridine rings is 2. The fourth-order valence-electron chi connectivity index (χ4n) is 2.17. The van der Waals surface area contributed by atoms with Gasteiger partial charge in [0.25, 0.3) is 0 Å². The van der Waals surface area contributed by atoms with Crippen LogP contribution in [0.15, 0.2) is 42.9 Å². The Balaban J connectivity index is 1.93. The van der Waals surface area contributed by atoms with Crippen LogP contribution in [0.3, 0.4) is 0 Å². The Bertz CT molecular complexity index is 960. The van der Waals surface area contributed by atoms with Gasteiger partial charge in [0.2, 0.25) is 0 Å². The first-order valence-corrected chi connectivity index (χ1v) is 6.40. The predicted octanol–water partition coefficient (Wildman–Crippen LogP) is 0.893. The lowest BCUT2D eigenvalue weighted by atomic mass is 10.2. The Morgan fingerprint density at radius 1 is 1.09 bits per heavy atom. The molecule has 4 heterocycles. The summed E-state index contributed by atoms with van der Waals surface area (Å²) >= 11 is 0. The highest BCUT2D eigenvalue weighted by atomic mass is 16.5. The maximum Gasteiger partial charge on any atom is 0.198 e. The summed E-state index contributed by atoms with van der Waals surface area (Å²) in [5.41, 5.74) is 7.19. The highest BCUT2D eigenvalue weighted by molar-refractivity contribution is 5.80. The van der Waals surface area contributed by atoms with Gasteiger partial charge in [-0.25, -0.2) is 19.6 Å². The summed E-state index contributed by atoms with van der Waals surface area (Å²) in [6.07, 6.45) is 4.78. The lowest BCUT2D eigenvalue weighted by Crippen LogP contribution is -2.02. The number of imidazole rings is 1. The van der Waals surface area contributed by atoms with Crippen LogP contribution in [0.5, 0.6) is 0 Å². The third-order valence-corrected chi connectivity index (χ3v) is 3.20. The molecule has 0 aliphatic rings. The molecular weight excluding hydrogens is 284 g/mol. The Hall–Kier alpha value is -3.49. The molecule has 0 spiro atoms. The van der Waals surface area contributed by atoms with Crippen molar-refractivity contribution in [3.63, 3.8) is 0 Å². The topological polar surface area (TPSA) is 121 Å². The third-order valence-electron chi connectivity index (χ3n) is 3.20. The Morgan fingerprint density at radius 2 is 2.00 bits per heavy atom. The average molecular weight is 294 g/mol. The molecule has 4 aromatic heterocycles. The molecule has 0 amide bonds. The Kier molecular flexibility index (Phi) is 2.52. The standard InChI is InChI=1S/C13H10N8O/c14-11-8(2-1-5-15-11)12-17-9-3-4-10(18-13(9)21(12)22)20-7-6-16-19-20/h1-7,22H,(H2,14,15). The molecule has 0 saturated heterocycles. The third kappa shape index (κ3) is 1.76. The largest absolute Gasteiger partial charge is 0.425 e. The molecule has 108 valence electrons. The van der Waals surface area contributed by atoms with Gasteiger partial charge in [0.1, 0.15) is 11.3 Å². The zero-order valence-corrected chi connectivity index (χ0v) is 11.2. The summed E-state index contributed by atoms with van der Waals surface area (Å²) in [7, 11) is 0. The van der Waals surface area contributed by atoms with E-state index in [1.807, 2.05) is 0 Å². The number of fused-ring (bicyclic) bond motifs is 1. The molecule has 4 aromatic rings. The lowest BCUT2D eigenvalue weighted by Gasteiger charge is -2.03. The van der Waals surface area contributed by atoms with E-state index >= 15 is 0 Å². The minimum atomic E-state index is 0.281. The molecule has 0 atom stereocenters. The van der Waals surface area contributed by atoms with Gasteiger partial charge in [0.15, 0.2) is 17.3 Å². The highest BCUT2D eigenvalue weighted by Gasteiger charge is 2.16. The van der Waals surface area contributed by atoms with Crippen molar-refractivity contribution in [2.24, 2.45) is 0 Å². The zero-order chi connectivity index (χ0) is 15.1. The van der Waals surface area contributed by atoms with Crippen molar-refractivity contribution in [1.29, 1.82) is 0 Å². The van der Waals surface area contributed by atoms with Gasteiger partial charge in [-0.2, -0.15) is 0 Å². The van der Waals surface area contributed by atoms with Crippen molar-refractivity contribution >= 4 is 17.0 Å². The maximum absolute atomic E-state index is 10.4. The maximum atomic E-state index is 10.4. The van der Waals surface area contributed by atoms with E-state index in [-0.39, 0.29) is 11.6 Å². The summed E-state index contributed by atoms with van der Waals surface area (Å²) in [6, 6.07) is 6.93. The SMILES string of the molecule is Nc1ncccc1-c1nc2ccc(-n3ccnn3)nc2n1O. The first-order valence-electron chi connectivity index (χ1n) is 6.40.